The van der Waals surface area contributed by atoms with Crippen molar-refractivity contribution in [3.8, 4) is 5.75 Å². The van der Waals surface area contributed by atoms with Gasteiger partial charge in [-0.1, -0.05) is 0 Å². The van der Waals surface area contributed by atoms with Gasteiger partial charge in [-0.2, -0.15) is 21.6 Å². The molecule has 1 N–H and O–H groups in total. The molecule has 0 bridgehead atoms. The highest BCUT2D eigenvalue weighted by Gasteiger charge is 2.49. The number of amides is 2. The van der Waals surface area contributed by atoms with E-state index in [1.165, 1.54) is 31.1 Å². The predicted molar refractivity (Wildman–Crippen MR) is 87.4 cm³/mol. The molecule has 144 valence electrons. The van der Waals surface area contributed by atoms with Gasteiger partial charge in [-0.15, -0.1) is 0 Å². The third kappa shape index (κ3) is 3.27. The summed E-state index contributed by atoms with van der Waals surface area (Å²) in [6.45, 7) is 1.30. The zero-order valence-corrected chi connectivity index (χ0v) is 14.7. The zero-order valence-electron chi connectivity index (χ0n) is 13.9. The molecule has 8 nitrogen and oxygen atoms in total. The second-order valence-electron chi connectivity index (χ2n) is 5.84. The van der Waals surface area contributed by atoms with E-state index in [0.29, 0.717) is 5.39 Å². The Morgan fingerprint density at radius 3 is 2.59 bits per heavy atom. The Hall–Kier alpha value is -2.89. The van der Waals surface area contributed by atoms with Crippen molar-refractivity contribution >= 4 is 38.5 Å². The lowest BCUT2D eigenvalue weighted by Crippen LogP contribution is -2.29. The Morgan fingerprint density at radius 2 is 2.00 bits per heavy atom. The summed E-state index contributed by atoms with van der Waals surface area (Å²) >= 11 is 0. The first-order chi connectivity index (χ1) is 12.4. The molecule has 12 heteroatoms. The monoisotopic (exact) mass is 403 g/mol. The van der Waals surface area contributed by atoms with E-state index in [1.807, 2.05) is 0 Å². The van der Waals surface area contributed by atoms with Gasteiger partial charge in [0.05, 0.1) is 5.56 Å². The van der Waals surface area contributed by atoms with Crippen molar-refractivity contribution in [3.05, 3.63) is 29.5 Å². The van der Waals surface area contributed by atoms with Crippen LogP contribution in [0.15, 0.2) is 18.3 Å². The molecule has 0 aliphatic carbocycles. The highest BCUT2D eigenvalue weighted by molar-refractivity contribution is 7.88. The van der Waals surface area contributed by atoms with Crippen molar-refractivity contribution in [2.45, 2.75) is 19.0 Å². The SMILES string of the molecule is CC(=O)Nc1cc2c3c(c(OS(=O)(=O)C(F)(F)F)cc2cn1)C(=O)N(C)C3. The van der Waals surface area contributed by atoms with Crippen LogP contribution < -0.4 is 9.50 Å². The van der Waals surface area contributed by atoms with Crippen molar-refractivity contribution in [2.24, 2.45) is 0 Å². The van der Waals surface area contributed by atoms with Crippen LogP contribution in [0.4, 0.5) is 19.0 Å². The topological polar surface area (TPSA) is 106 Å². The van der Waals surface area contributed by atoms with Crippen molar-refractivity contribution < 1.29 is 35.4 Å². The largest absolute Gasteiger partial charge is 0.534 e. The predicted octanol–water partition coefficient (Wildman–Crippen LogP) is 2.01. The molecule has 0 atom stereocenters. The molecule has 27 heavy (non-hydrogen) atoms. The Morgan fingerprint density at radius 1 is 1.33 bits per heavy atom. The van der Waals surface area contributed by atoms with Crippen LogP contribution >= 0.6 is 0 Å². The normalized spacial score (nSPS) is 14.4. The number of hydrogen-bond donors (Lipinski definition) is 1. The van der Waals surface area contributed by atoms with Gasteiger partial charge in [0.1, 0.15) is 5.82 Å². The number of hydrogen-bond acceptors (Lipinski definition) is 6. The molecule has 0 unspecified atom stereocenters. The van der Waals surface area contributed by atoms with Gasteiger partial charge in [0, 0.05) is 32.1 Å². The molecule has 1 aromatic heterocycles. The molecular formula is C15H12F3N3O5S. The van der Waals surface area contributed by atoms with Crippen LogP contribution in [0.25, 0.3) is 10.8 Å². The number of rotatable bonds is 3. The molecule has 0 fully saturated rings. The number of nitrogens with zero attached hydrogens (tertiary/aromatic N) is 2. The molecule has 0 spiro atoms. The fourth-order valence-electron chi connectivity index (χ4n) is 2.72. The summed E-state index contributed by atoms with van der Waals surface area (Å²) in [6.07, 6.45) is 1.23. The molecule has 1 aromatic carbocycles. The van der Waals surface area contributed by atoms with Gasteiger partial charge in [0.25, 0.3) is 5.91 Å². The number of pyridine rings is 1. The Kier molecular flexibility index (Phi) is 4.25. The molecule has 0 saturated carbocycles. The number of alkyl halides is 3. The van der Waals surface area contributed by atoms with E-state index in [-0.39, 0.29) is 34.8 Å². The summed E-state index contributed by atoms with van der Waals surface area (Å²) in [6, 6.07) is 2.45. The summed E-state index contributed by atoms with van der Waals surface area (Å²) in [5.41, 5.74) is -5.64. The Balaban J connectivity index is 2.22. The van der Waals surface area contributed by atoms with Gasteiger partial charge in [0.15, 0.2) is 5.75 Å². The lowest BCUT2D eigenvalue weighted by atomic mass is 10.0. The molecule has 3 rings (SSSR count). The van der Waals surface area contributed by atoms with Gasteiger partial charge in [-0.05, 0) is 23.1 Å². The van der Waals surface area contributed by atoms with E-state index in [4.69, 9.17) is 0 Å². The second-order valence-corrected chi connectivity index (χ2v) is 7.38. The van der Waals surface area contributed by atoms with E-state index in [0.717, 1.165) is 6.07 Å². The maximum absolute atomic E-state index is 12.7. The Bertz CT molecular complexity index is 1080. The summed E-state index contributed by atoms with van der Waals surface area (Å²) in [7, 11) is -4.55. The minimum absolute atomic E-state index is 0.0253. The number of halogens is 3. The number of benzene rings is 1. The van der Waals surface area contributed by atoms with Crippen molar-refractivity contribution in [3.63, 3.8) is 0 Å². The number of aromatic nitrogens is 1. The number of fused-ring (bicyclic) bond motifs is 3. The molecule has 0 saturated heterocycles. The molecular weight excluding hydrogens is 391 g/mol. The number of nitrogens with one attached hydrogen (secondary N) is 1. The number of anilines is 1. The summed E-state index contributed by atoms with van der Waals surface area (Å²) in [5.74, 6) is -1.62. The van der Waals surface area contributed by atoms with Gasteiger partial charge < -0.3 is 14.4 Å². The van der Waals surface area contributed by atoms with Crippen LogP contribution in [0.3, 0.4) is 0 Å². The molecule has 2 amide bonds. The standard InChI is InChI=1S/C15H12F3N3O5S/c1-7(22)20-12-4-9-8(5-19-12)3-11(26-27(24,25)15(16,17)18)13-10(9)6-21(2)14(13)23/h3-5H,6H2,1-2H3,(H,19,20,22). The lowest BCUT2D eigenvalue weighted by Gasteiger charge is -2.13. The van der Waals surface area contributed by atoms with Crippen LogP contribution in [-0.4, -0.2) is 42.7 Å². The number of carbonyl (C=O) groups excluding carboxylic acids is 2. The average Bonchev–Trinajstić information content (AvgIpc) is 2.82. The molecule has 1 aliphatic heterocycles. The van der Waals surface area contributed by atoms with E-state index in [2.05, 4.69) is 14.5 Å². The molecule has 1 aliphatic rings. The van der Waals surface area contributed by atoms with Crippen LogP contribution in [-0.2, 0) is 21.5 Å². The summed E-state index contributed by atoms with van der Waals surface area (Å²) in [5, 5.41) is 3.14. The van der Waals surface area contributed by atoms with Crippen LogP contribution in [0.5, 0.6) is 5.75 Å². The first kappa shape index (κ1) is 18.9. The highest BCUT2D eigenvalue weighted by atomic mass is 32.2. The van der Waals surface area contributed by atoms with Crippen LogP contribution in [0.1, 0.15) is 22.8 Å². The fourth-order valence-corrected chi connectivity index (χ4v) is 3.18. The molecule has 2 heterocycles. The van der Waals surface area contributed by atoms with E-state index in [9.17, 15) is 31.2 Å². The smallest absolute Gasteiger partial charge is 0.375 e. The van der Waals surface area contributed by atoms with Crippen molar-refractivity contribution in [2.75, 3.05) is 12.4 Å². The minimum atomic E-state index is -5.95. The van der Waals surface area contributed by atoms with Crippen molar-refractivity contribution in [1.82, 2.24) is 9.88 Å². The van der Waals surface area contributed by atoms with Crippen LogP contribution in [0.2, 0.25) is 0 Å². The average molecular weight is 403 g/mol. The fraction of sp³-hybridized carbons (Fsp3) is 0.267. The first-order valence-corrected chi connectivity index (χ1v) is 8.81. The van der Waals surface area contributed by atoms with Gasteiger partial charge in [-0.25, -0.2) is 4.98 Å². The van der Waals surface area contributed by atoms with Gasteiger partial charge >= 0.3 is 15.6 Å². The molecule has 0 radical (unpaired) electrons. The van der Waals surface area contributed by atoms with E-state index < -0.39 is 27.3 Å². The van der Waals surface area contributed by atoms with Crippen molar-refractivity contribution in [1.29, 1.82) is 0 Å². The van der Waals surface area contributed by atoms with E-state index >= 15 is 0 Å². The minimum Gasteiger partial charge on any atom is -0.375 e. The van der Waals surface area contributed by atoms with Gasteiger partial charge in [0.2, 0.25) is 5.91 Å². The second kappa shape index (κ2) is 6.08. The third-order valence-electron chi connectivity index (χ3n) is 3.84. The maximum Gasteiger partial charge on any atom is 0.534 e. The first-order valence-electron chi connectivity index (χ1n) is 7.40. The van der Waals surface area contributed by atoms with E-state index in [1.54, 1.807) is 0 Å². The Labute approximate surface area is 151 Å². The quantitative estimate of drug-likeness (QED) is 0.621. The number of carbonyl (C=O) groups is 2. The molecule has 2 aromatic rings. The zero-order chi connectivity index (χ0) is 20.1. The lowest BCUT2D eigenvalue weighted by molar-refractivity contribution is -0.114. The third-order valence-corrected chi connectivity index (χ3v) is 4.80. The maximum atomic E-state index is 12.7. The van der Waals surface area contributed by atoms with Crippen LogP contribution in [0, 0.1) is 0 Å². The van der Waals surface area contributed by atoms with Gasteiger partial charge in [-0.3, -0.25) is 9.59 Å². The summed E-state index contributed by atoms with van der Waals surface area (Å²) in [4.78, 5) is 28.7. The summed E-state index contributed by atoms with van der Waals surface area (Å²) < 4.78 is 65.0. The highest BCUT2D eigenvalue weighted by Crippen LogP contribution is 2.39.